The molecule has 7 heteroatoms. The van der Waals surface area contributed by atoms with E-state index >= 15 is 0 Å². The fourth-order valence-electron chi connectivity index (χ4n) is 1.62. The molecule has 0 aromatic heterocycles. The summed E-state index contributed by atoms with van der Waals surface area (Å²) in [6, 6.07) is 2.84. The van der Waals surface area contributed by atoms with Crippen LogP contribution in [0.5, 0.6) is 11.5 Å². The molecule has 18 heavy (non-hydrogen) atoms. The molecule has 0 aliphatic heterocycles. The third kappa shape index (κ3) is 3.74. The topological polar surface area (TPSA) is 52.6 Å². The molecule has 0 aliphatic carbocycles. The average Bonchev–Trinajstić information content (AvgIpc) is 2.25. The van der Waals surface area contributed by atoms with Crippen LogP contribution in [0.1, 0.15) is 24.2 Å². The van der Waals surface area contributed by atoms with E-state index in [0.29, 0.717) is 11.5 Å². The maximum Gasteiger partial charge on any atom is 0.236 e. The lowest BCUT2D eigenvalue weighted by Gasteiger charge is -2.14. The Balaban J connectivity index is 3.38. The molecule has 1 aromatic rings. The molecule has 0 spiro atoms. The number of rotatable bonds is 5. The van der Waals surface area contributed by atoms with Crippen molar-refractivity contribution in [1.29, 1.82) is 0 Å². The highest BCUT2D eigenvalue weighted by atomic mass is 35.7. The second-order valence-electron chi connectivity index (χ2n) is 3.71. The lowest BCUT2D eigenvalue weighted by molar-refractivity contribution is 0.346. The number of benzene rings is 1. The molecule has 1 rings (SSSR count). The van der Waals surface area contributed by atoms with Crippen molar-refractivity contribution in [3.05, 3.63) is 23.3 Å². The molecule has 102 valence electrons. The van der Waals surface area contributed by atoms with Gasteiger partial charge in [0.2, 0.25) is 9.05 Å². The van der Waals surface area contributed by atoms with Crippen LogP contribution < -0.4 is 9.47 Å². The summed E-state index contributed by atoms with van der Waals surface area (Å²) in [5, 5.41) is 0. The molecule has 1 atom stereocenters. The summed E-state index contributed by atoms with van der Waals surface area (Å²) < 4.78 is 45.8. The van der Waals surface area contributed by atoms with E-state index in [0.717, 1.165) is 0 Å². The van der Waals surface area contributed by atoms with E-state index in [1.54, 1.807) is 0 Å². The predicted molar refractivity (Wildman–Crippen MR) is 67.5 cm³/mol. The maximum absolute atomic E-state index is 13.5. The summed E-state index contributed by atoms with van der Waals surface area (Å²) in [4.78, 5) is 0. The predicted octanol–water partition coefficient (Wildman–Crippen LogP) is 2.80. The van der Waals surface area contributed by atoms with E-state index in [1.165, 1.54) is 33.3 Å². The van der Waals surface area contributed by atoms with E-state index < -0.39 is 21.0 Å². The SMILES string of the molecule is COc1cc(CS(=O)(=O)Cl)c(C(C)F)cc1OC. The van der Waals surface area contributed by atoms with Crippen molar-refractivity contribution in [2.24, 2.45) is 0 Å². The summed E-state index contributed by atoms with van der Waals surface area (Å²) in [5.41, 5.74) is 0.481. The van der Waals surface area contributed by atoms with Gasteiger partial charge in [-0.15, -0.1) is 0 Å². The highest BCUT2D eigenvalue weighted by Crippen LogP contribution is 2.35. The fraction of sp³-hybridized carbons (Fsp3) is 0.455. The van der Waals surface area contributed by atoms with Gasteiger partial charge in [-0.2, -0.15) is 0 Å². The van der Waals surface area contributed by atoms with Crippen LogP contribution in [0.15, 0.2) is 12.1 Å². The fourth-order valence-corrected chi connectivity index (χ4v) is 2.59. The average molecular weight is 297 g/mol. The van der Waals surface area contributed by atoms with Gasteiger partial charge in [-0.3, -0.25) is 0 Å². The summed E-state index contributed by atoms with van der Waals surface area (Å²) in [6.07, 6.45) is -1.33. The number of hydrogen-bond donors (Lipinski definition) is 0. The summed E-state index contributed by atoms with van der Waals surface area (Å²) in [6.45, 7) is 1.31. The third-order valence-electron chi connectivity index (χ3n) is 2.40. The van der Waals surface area contributed by atoms with Gasteiger partial charge < -0.3 is 9.47 Å². The molecular weight excluding hydrogens is 283 g/mol. The molecule has 0 saturated carbocycles. The number of ether oxygens (including phenoxy) is 2. The van der Waals surface area contributed by atoms with Crippen molar-refractivity contribution in [3.8, 4) is 11.5 Å². The Labute approximate surface area is 110 Å². The van der Waals surface area contributed by atoms with Gasteiger partial charge in [0, 0.05) is 10.7 Å². The number of methoxy groups -OCH3 is 2. The minimum Gasteiger partial charge on any atom is -0.493 e. The standard InChI is InChI=1S/C11H14ClFO4S/c1-7(13)9-5-11(17-3)10(16-2)4-8(9)6-18(12,14)15/h4-5,7H,6H2,1-3H3. The van der Waals surface area contributed by atoms with E-state index in [-0.39, 0.29) is 11.1 Å². The molecule has 0 aliphatic rings. The van der Waals surface area contributed by atoms with Crippen molar-refractivity contribution in [2.75, 3.05) is 14.2 Å². The van der Waals surface area contributed by atoms with Gasteiger partial charge in [-0.05, 0) is 30.2 Å². The van der Waals surface area contributed by atoms with Gasteiger partial charge in [0.15, 0.2) is 11.5 Å². The minimum atomic E-state index is -3.77. The summed E-state index contributed by atoms with van der Waals surface area (Å²) in [5.74, 6) is 0.211. The Morgan fingerprint density at radius 1 is 1.28 bits per heavy atom. The van der Waals surface area contributed by atoms with E-state index in [9.17, 15) is 12.8 Å². The van der Waals surface area contributed by atoms with Gasteiger partial charge in [-0.25, -0.2) is 12.8 Å². The highest BCUT2D eigenvalue weighted by molar-refractivity contribution is 8.13. The molecule has 0 N–H and O–H groups in total. The second-order valence-corrected chi connectivity index (χ2v) is 6.48. The molecule has 0 radical (unpaired) electrons. The normalized spacial score (nSPS) is 13.2. The van der Waals surface area contributed by atoms with Crippen LogP contribution >= 0.6 is 10.7 Å². The van der Waals surface area contributed by atoms with Crippen LogP contribution in [0.3, 0.4) is 0 Å². The van der Waals surface area contributed by atoms with Crippen LogP contribution in [0.4, 0.5) is 4.39 Å². The van der Waals surface area contributed by atoms with Crippen LogP contribution in [0.2, 0.25) is 0 Å². The van der Waals surface area contributed by atoms with Crippen LogP contribution in [0.25, 0.3) is 0 Å². The Morgan fingerprint density at radius 3 is 2.17 bits per heavy atom. The van der Waals surface area contributed by atoms with Crippen molar-refractivity contribution in [1.82, 2.24) is 0 Å². The third-order valence-corrected chi connectivity index (χ3v) is 3.38. The molecule has 0 fully saturated rings. The van der Waals surface area contributed by atoms with Gasteiger partial charge >= 0.3 is 0 Å². The van der Waals surface area contributed by atoms with Crippen LogP contribution in [0, 0.1) is 0 Å². The molecule has 4 nitrogen and oxygen atoms in total. The van der Waals surface area contributed by atoms with Gasteiger partial charge in [0.05, 0.1) is 20.0 Å². The zero-order valence-corrected chi connectivity index (χ0v) is 11.8. The van der Waals surface area contributed by atoms with Crippen LogP contribution in [-0.2, 0) is 14.8 Å². The molecule has 0 bridgehead atoms. The zero-order valence-electron chi connectivity index (χ0n) is 10.2. The molecular formula is C11H14ClFO4S. The first kappa shape index (κ1) is 15.0. The molecule has 1 unspecified atom stereocenters. The summed E-state index contributed by atoms with van der Waals surface area (Å²) in [7, 11) is 4.25. The zero-order chi connectivity index (χ0) is 13.9. The van der Waals surface area contributed by atoms with Gasteiger partial charge in [-0.1, -0.05) is 0 Å². The number of alkyl halides is 1. The van der Waals surface area contributed by atoms with E-state index in [1.807, 2.05) is 0 Å². The van der Waals surface area contributed by atoms with Gasteiger partial charge in [0.1, 0.15) is 6.17 Å². The first-order valence-electron chi connectivity index (χ1n) is 5.09. The number of hydrogen-bond acceptors (Lipinski definition) is 4. The monoisotopic (exact) mass is 296 g/mol. The highest BCUT2D eigenvalue weighted by Gasteiger charge is 2.19. The summed E-state index contributed by atoms with van der Waals surface area (Å²) >= 11 is 0. The Morgan fingerprint density at radius 2 is 1.78 bits per heavy atom. The van der Waals surface area contributed by atoms with E-state index in [2.05, 4.69) is 0 Å². The van der Waals surface area contributed by atoms with Crippen molar-refractivity contribution < 1.29 is 22.3 Å². The van der Waals surface area contributed by atoms with Crippen molar-refractivity contribution in [3.63, 3.8) is 0 Å². The Hall–Kier alpha value is -1.01. The minimum absolute atomic E-state index is 0.219. The largest absolute Gasteiger partial charge is 0.493 e. The first-order valence-corrected chi connectivity index (χ1v) is 7.57. The van der Waals surface area contributed by atoms with Crippen LogP contribution in [-0.4, -0.2) is 22.6 Å². The quantitative estimate of drug-likeness (QED) is 0.784. The van der Waals surface area contributed by atoms with Crippen molar-refractivity contribution >= 4 is 19.7 Å². The molecule has 1 aromatic carbocycles. The molecule has 0 amide bonds. The lowest BCUT2D eigenvalue weighted by atomic mass is 10.0. The smallest absolute Gasteiger partial charge is 0.236 e. The number of halogens is 2. The van der Waals surface area contributed by atoms with Gasteiger partial charge in [0.25, 0.3) is 0 Å². The van der Waals surface area contributed by atoms with E-state index in [4.69, 9.17) is 20.2 Å². The van der Waals surface area contributed by atoms with Crippen molar-refractivity contribution in [2.45, 2.75) is 18.8 Å². The Bertz CT molecular complexity index is 528. The molecule has 0 heterocycles. The molecule has 0 saturated heterocycles. The Kier molecular flexibility index (Phi) is 4.81. The second kappa shape index (κ2) is 5.75. The maximum atomic E-state index is 13.5. The lowest BCUT2D eigenvalue weighted by Crippen LogP contribution is -2.03. The first-order chi connectivity index (χ1) is 8.28.